The molecule has 2 aromatic rings. The zero-order valence-corrected chi connectivity index (χ0v) is 10.7. The minimum atomic E-state index is -4.32. The molecular weight excluding hydrogens is 267 g/mol. The lowest BCUT2D eigenvalue weighted by molar-refractivity contribution is -0.137. The lowest BCUT2D eigenvalue weighted by Gasteiger charge is -2.09. The Morgan fingerprint density at radius 2 is 1.65 bits per heavy atom. The van der Waals surface area contributed by atoms with Gasteiger partial charge in [0, 0.05) is 5.56 Å². The molecule has 0 aromatic heterocycles. The normalized spacial score (nSPS) is 11.8. The maximum atomic E-state index is 12.5. The van der Waals surface area contributed by atoms with Crippen LogP contribution in [0.15, 0.2) is 53.7 Å². The fraction of sp³-hybridized carbons (Fsp3) is 0.133. The molecule has 2 rings (SSSR count). The summed E-state index contributed by atoms with van der Waals surface area (Å²) >= 11 is 0. The molecule has 0 radical (unpaired) electrons. The van der Waals surface area contributed by atoms with Crippen LogP contribution in [0.1, 0.15) is 11.1 Å². The van der Waals surface area contributed by atoms with Crippen LogP contribution in [0.25, 0.3) is 11.1 Å². The molecule has 2 aromatic carbocycles. The van der Waals surface area contributed by atoms with Crippen LogP contribution in [0.4, 0.5) is 13.2 Å². The van der Waals surface area contributed by atoms with E-state index in [9.17, 15) is 13.2 Å². The zero-order valence-electron chi connectivity index (χ0n) is 10.7. The van der Waals surface area contributed by atoms with Gasteiger partial charge in [-0.15, -0.1) is 0 Å². The topological polar surface area (TPSA) is 21.6 Å². The first-order chi connectivity index (χ1) is 9.52. The highest BCUT2D eigenvalue weighted by Crippen LogP contribution is 2.31. The van der Waals surface area contributed by atoms with Gasteiger partial charge in [0.15, 0.2) is 0 Å². The molecule has 0 aliphatic carbocycles. The van der Waals surface area contributed by atoms with Crippen LogP contribution in [0.3, 0.4) is 0 Å². The van der Waals surface area contributed by atoms with E-state index in [1.54, 1.807) is 0 Å². The Bertz CT molecular complexity index is 603. The Labute approximate surface area is 114 Å². The summed E-state index contributed by atoms with van der Waals surface area (Å²) in [5.74, 6) is 0. The minimum Gasteiger partial charge on any atom is -0.399 e. The minimum absolute atomic E-state index is 0.663. The van der Waals surface area contributed by atoms with Crippen molar-refractivity contribution in [1.82, 2.24) is 0 Å². The summed E-state index contributed by atoms with van der Waals surface area (Å²) in [6.45, 7) is 0. The Morgan fingerprint density at radius 1 is 1.00 bits per heavy atom. The molecule has 0 atom stereocenters. The monoisotopic (exact) mass is 279 g/mol. The molecule has 0 spiro atoms. The third-order valence-corrected chi connectivity index (χ3v) is 2.78. The molecule has 0 fully saturated rings. The van der Waals surface area contributed by atoms with Gasteiger partial charge in [0.2, 0.25) is 0 Å². The highest BCUT2D eigenvalue weighted by atomic mass is 19.4. The van der Waals surface area contributed by atoms with E-state index in [-0.39, 0.29) is 0 Å². The number of alkyl halides is 3. The first-order valence-corrected chi connectivity index (χ1v) is 5.85. The van der Waals surface area contributed by atoms with Gasteiger partial charge in [0.1, 0.15) is 7.11 Å². The molecule has 0 bridgehead atoms. The van der Waals surface area contributed by atoms with Gasteiger partial charge in [-0.2, -0.15) is 13.2 Å². The third kappa shape index (κ3) is 3.17. The van der Waals surface area contributed by atoms with Gasteiger partial charge in [-0.05, 0) is 23.3 Å². The second kappa shape index (κ2) is 5.77. The van der Waals surface area contributed by atoms with E-state index >= 15 is 0 Å². The number of rotatable bonds is 3. The molecule has 0 saturated carbocycles. The standard InChI is InChI=1S/C15H12F3NO/c1-20-19-10-12-4-2-3-5-14(12)11-6-8-13(9-7-11)15(16,17)18/h2-10H,1H3/b19-10+. The van der Waals surface area contributed by atoms with Gasteiger partial charge in [0.25, 0.3) is 0 Å². The van der Waals surface area contributed by atoms with Crippen molar-refractivity contribution >= 4 is 6.21 Å². The SMILES string of the molecule is CO/N=C/c1ccccc1-c1ccc(C(F)(F)F)cc1. The van der Waals surface area contributed by atoms with Gasteiger partial charge in [-0.25, -0.2) is 0 Å². The van der Waals surface area contributed by atoms with E-state index in [1.807, 2.05) is 24.3 Å². The summed E-state index contributed by atoms with van der Waals surface area (Å²) in [6.07, 6.45) is -2.80. The molecule has 0 N–H and O–H groups in total. The highest BCUT2D eigenvalue weighted by Gasteiger charge is 2.29. The summed E-state index contributed by atoms with van der Waals surface area (Å²) in [7, 11) is 1.43. The largest absolute Gasteiger partial charge is 0.416 e. The fourth-order valence-corrected chi connectivity index (χ4v) is 1.82. The van der Waals surface area contributed by atoms with E-state index in [1.165, 1.54) is 25.5 Å². The Kier molecular flexibility index (Phi) is 4.08. The average molecular weight is 279 g/mol. The molecule has 104 valence electrons. The summed E-state index contributed by atoms with van der Waals surface area (Å²) in [5, 5.41) is 3.68. The van der Waals surface area contributed by atoms with Crippen molar-refractivity contribution in [3.63, 3.8) is 0 Å². The molecule has 0 aliphatic heterocycles. The maximum absolute atomic E-state index is 12.5. The van der Waals surface area contributed by atoms with E-state index in [0.717, 1.165) is 23.3 Å². The molecule has 2 nitrogen and oxygen atoms in total. The molecule has 0 unspecified atom stereocenters. The molecule has 0 heterocycles. The summed E-state index contributed by atoms with van der Waals surface area (Å²) in [6, 6.07) is 12.3. The van der Waals surface area contributed by atoms with Gasteiger partial charge in [0.05, 0.1) is 11.8 Å². The van der Waals surface area contributed by atoms with Crippen molar-refractivity contribution in [3.05, 3.63) is 59.7 Å². The van der Waals surface area contributed by atoms with E-state index in [4.69, 9.17) is 0 Å². The average Bonchev–Trinajstić information content (AvgIpc) is 2.45. The van der Waals surface area contributed by atoms with E-state index in [0.29, 0.717) is 5.56 Å². The van der Waals surface area contributed by atoms with E-state index in [2.05, 4.69) is 9.99 Å². The van der Waals surface area contributed by atoms with Crippen molar-refractivity contribution in [2.75, 3.05) is 7.11 Å². The van der Waals surface area contributed by atoms with E-state index < -0.39 is 11.7 Å². The Hall–Kier alpha value is -2.30. The van der Waals surface area contributed by atoms with Crippen LogP contribution in [0.2, 0.25) is 0 Å². The molecule has 0 amide bonds. The molecular formula is C15H12F3NO. The van der Waals surface area contributed by atoms with Crippen LogP contribution in [0, 0.1) is 0 Å². The smallest absolute Gasteiger partial charge is 0.399 e. The number of halogens is 3. The number of nitrogens with zero attached hydrogens (tertiary/aromatic N) is 1. The number of hydrogen-bond acceptors (Lipinski definition) is 2. The number of oxime groups is 1. The second-order valence-corrected chi connectivity index (χ2v) is 4.08. The van der Waals surface area contributed by atoms with Gasteiger partial charge in [-0.3, -0.25) is 0 Å². The molecule has 20 heavy (non-hydrogen) atoms. The third-order valence-electron chi connectivity index (χ3n) is 2.78. The van der Waals surface area contributed by atoms with Crippen molar-refractivity contribution < 1.29 is 18.0 Å². The van der Waals surface area contributed by atoms with Crippen LogP contribution in [-0.4, -0.2) is 13.3 Å². The second-order valence-electron chi connectivity index (χ2n) is 4.08. The number of hydrogen-bond donors (Lipinski definition) is 0. The number of benzene rings is 2. The van der Waals surface area contributed by atoms with Gasteiger partial charge >= 0.3 is 6.18 Å². The van der Waals surface area contributed by atoms with Crippen LogP contribution in [0.5, 0.6) is 0 Å². The maximum Gasteiger partial charge on any atom is 0.416 e. The van der Waals surface area contributed by atoms with Crippen LogP contribution < -0.4 is 0 Å². The first-order valence-electron chi connectivity index (χ1n) is 5.85. The van der Waals surface area contributed by atoms with Crippen molar-refractivity contribution in [2.45, 2.75) is 6.18 Å². The van der Waals surface area contributed by atoms with Crippen molar-refractivity contribution in [1.29, 1.82) is 0 Å². The highest BCUT2D eigenvalue weighted by molar-refractivity contribution is 5.90. The lowest BCUT2D eigenvalue weighted by Crippen LogP contribution is -2.04. The molecule has 0 aliphatic rings. The summed E-state index contributed by atoms with van der Waals surface area (Å²) in [5.41, 5.74) is 1.59. The Morgan fingerprint density at radius 3 is 2.25 bits per heavy atom. The zero-order chi connectivity index (χ0) is 14.6. The van der Waals surface area contributed by atoms with Crippen molar-refractivity contribution in [3.8, 4) is 11.1 Å². The van der Waals surface area contributed by atoms with Crippen molar-refractivity contribution in [2.24, 2.45) is 5.16 Å². The Balaban J connectivity index is 2.39. The fourth-order valence-electron chi connectivity index (χ4n) is 1.82. The summed E-state index contributed by atoms with van der Waals surface area (Å²) in [4.78, 5) is 4.62. The lowest BCUT2D eigenvalue weighted by atomic mass is 9.99. The predicted molar refractivity (Wildman–Crippen MR) is 71.5 cm³/mol. The molecule has 5 heteroatoms. The van der Waals surface area contributed by atoms with Gasteiger partial charge in [-0.1, -0.05) is 41.6 Å². The van der Waals surface area contributed by atoms with Crippen LogP contribution >= 0.6 is 0 Å². The molecule has 0 saturated heterocycles. The predicted octanol–water partition coefficient (Wildman–Crippen LogP) is 4.35. The summed E-state index contributed by atoms with van der Waals surface area (Å²) < 4.78 is 37.6. The first kappa shape index (κ1) is 14.1. The van der Waals surface area contributed by atoms with Crippen LogP contribution in [-0.2, 0) is 11.0 Å². The quantitative estimate of drug-likeness (QED) is 0.604. The van der Waals surface area contributed by atoms with Gasteiger partial charge < -0.3 is 4.84 Å².